The van der Waals surface area contributed by atoms with Crippen molar-refractivity contribution in [2.45, 2.75) is 162 Å². The maximum Gasteiger partial charge on any atom is 0.184 e. The van der Waals surface area contributed by atoms with Crippen LogP contribution in [0.2, 0.25) is 78.6 Å². The van der Waals surface area contributed by atoms with Crippen LogP contribution < -0.4 is 0 Å². The average Bonchev–Trinajstić information content (AvgIpc) is 3.11. The van der Waals surface area contributed by atoms with Gasteiger partial charge in [0.1, 0.15) is 7.11 Å². The van der Waals surface area contributed by atoms with Gasteiger partial charge >= 0.3 is 0 Å². The highest BCUT2D eigenvalue weighted by Gasteiger charge is 2.70. The number of nitrogens with zero attached hydrogens (tertiary/aromatic N) is 1. The van der Waals surface area contributed by atoms with E-state index in [9.17, 15) is 0 Å². The number of oxime groups is 1. The van der Waals surface area contributed by atoms with Crippen LogP contribution in [0.25, 0.3) is 0 Å². The Morgan fingerprint density at radius 2 is 1.45 bits per heavy atom. The molecule has 10 heteroatoms. The number of fused-ring (bicyclic) bond motifs is 5. The van der Waals surface area contributed by atoms with E-state index in [0.29, 0.717) is 36.4 Å². The zero-order valence-corrected chi connectivity index (χ0v) is 35.3. The van der Waals surface area contributed by atoms with Crippen LogP contribution in [0.15, 0.2) is 5.16 Å². The Morgan fingerprint density at radius 3 is 2.00 bits per heavy atom. The van der Waals surface area contributed by atoms with Gasteiger partial charge in [0, 0.05) is 17.4 Å². The van der Waals surface area contributed by atoms with Gasteiger partial charge in [0.15, 0.2) is 33.3 Å². The van der Waals surface area contributed by atoms with Gasteiger partial charge in [-0.25, -0.2) is 0 Å². The molecule has 4 aliphatic carbocycles. The minimum atomic E-state index is -1.98. The lowest BCUT2D eigenvalue weighted by molar-refractivity contribution is -0.158. The van der Waals surface area contributed by atoms with Crippen LogP contribution in [0.1, 0.15) is 65.2 Å². The lowest BCUT2D eigenvalue weighted by atomic mass is 9.43. The second kappa shape index (κ2) is 12.6. The van der Waals surface area contributed by atoms with Crippen molar-refractivity contribution in [2.75, 3.05) is 13.7 Å². The molecule has 44 heavy (non-hydrogen) atoms. The fraction of sp³-hybridized carbons (Fsp3) is 0.971. The van der Waals surface area contributed by atoms with Crippen LogP contribution in [-0.2, 0) is 22.5 Å². The third-order valence-corrected chi connectivity index (χ3v) is 15.5. The first-order chi connectivity index (χ1) is 19.9. The molecule has 4 fully saturated rings. The molecule has 4 unspecified atom stereocenters. The van der Waals surface area contributed by atoms with E-state index >= 15 is 0 Å². The molecule has 256 valence electrons. The minimum Gasteiger partial charge on any atom is -0.415 e. The number of rotatable bonds is 11. The van der Waals surface area contributed by atoms with Crippen molar-refractivity contribution >= 4 is 39.0 Å². The summed E-state index contributed by atoms with van der Waals surface area (Å²) in [7, 11) is -5.48. The standard InChI is InChI=1S/C34H69NO5Si4/c1-32-20-18-26(38-42(7,8)9)22-25(32)16-17-27-28-19-21-34(40-44(13,14)15,33(28,2)23-29(31(27)32)35-36-3)30(39-43(10,11)12)24-37-41(4,5)6/h25-28,30-31H,16-24H2,1-15H3/t25?,26-,27?,28?,30+,31?,32+,33+,34+/m1/s1. The van der Waals surface area contributed by atoms with Gasteiger partial charge in [-0.3, -0.25) is 0 Å². The Balaban J connectivity index is 1.77. The molecule has 4 aliphatic rings. The molecule has 0 radical (unpaired) electrons. The fourth-order valence-electron chi connectivity index (χ4n) is 10.2. The van der Waals surface area contributed by atoms with Gasteiger partial charge in [0.05, 0.1) is 24.0 Å². The van der Waals surface area contributed by atoms with Crippen LogP contribution in [0.3, 0.4) is 0 Å². The molecule has 0 spiro atoms. The molecule has 0 N–H and O–H groups in total. The summed E-state index contributed by atoms with van der Waals surface area (Å²) in [6, 6.07) is 0. The predicted molar refractivity (Wildman–Crippen MR) is 194 cm³/mol. The van der Waals surface area contributed by atoms with Crippen LogP contribution >= 0.6 is 0 Å². The minimum absolute atomic E-state index is 0.0796. The maximum atomic E-state index is 7.59. The van der Waals surface area contributed by atoms with E-state index in [1.165, 1.54) is 44.2 Å². The molecule has 0 aliphatic heterocycles. The van der Waals surface area contributed by atoms with E-state index < -0.39 is 38.9 Å². The summed E-state index contributed by atoms with van der Waals surface area (Å²) in [5.41, 5.74) is 1.03. The Kier molecular flexibility index (Phi) is 10.6. The van der Waals surface area contributed by atoms with Gasteiger partial charge in [0.25, 0.3) is 0 Å². The molecule has 0 aromatic carbocycles. The van der Waals surface area contributed by atoms with Crippen LogP contribution in [0.5, 0.6) is 0 Å². The summed E-state index contributed by atoms with van der Waals surface area (Å²) >= 11 is 0. The Morgan fingerprint density at radius 1 is 0.795 bits per heavy atom. The third kappa shape index (κ3) is 7.73. The molecule has 6 nitrogen and oxygen atoms in total. The lowest BCUT2D eigenvalue weighted by Crippen LogP contribution is -2.67. The molecule has 0 aromatic rings. The van der Waals surface area contributed by atoms with Crippen molar-refractivity contribution in [3.63, 3.8) is 0 Å². The van der Waals surface area contributed by atoms with E-state index in [1.54, 1.807) is 7.11 Å². The van der Waals surface area contributed by atoms with Crippen LogP contribution in [0, 0.1) is 34.5 Å². The molecule has 9 atom stereocenters. The van der Waals surface area contributed by atoms with Gasteiger partial charge in [-0.2, -0.15) is 0 Å². The topological polar surface area (TPSA) is 58.5 Å². The van der Waals surface area contributed by atoms with E-state index in [4.69, 9.17) is 27.7 Å². The van der Waals surface area contributed by atoms with E-state index in [2.05, 4.69) is 92.4 Å². The van der Waals surface area contributed by atoms with Crippen molar-refractivity contribution in [1.82, 2.24) is 0 Å². The SMILES string of the molecule is CON=C1C[C@@]2(C)C(CC[C@]2(O[Si](C)(C)C)[C@H](CO[Si](C)(C)C)O[Si](C)(C)C)C2CCC3C[C@H](O[Si](C)(C)C)CC[C@]3(C)C12. The molecule has 4 saturated carbocycles. The zero-order valence-electron chi connectivity index (χ0n) is 31.3. The second-order valence-electron chi connectivity index (χ2n) is 19.3. The number of hydrogen-bond donors (Lipinski definition) is 0. The molecular formula is C34H69NO5Si4. The monoisotopic (exact) mass is 683 g/mol. The average molecular weight is 684 g/mol. The normalized spacial score (nSPS) is 39.9. The second-order valence-corrected chi connectivity index (χ2v) is 37.2. The molecule has 0 saturated heterocycles. The van der Waals surface area contributed by atoms with Crippen LogP contribution in [0.4, 0.5) is 0 Å². The Bertz CT molecular complexity index is 1050. The first-order valence-electron chi connectivity index (χ1n) is 17.7. The highest BCUT2D eigenvalue weighted by atomic mass is 28.4. The van der Waals surface area contributed by atoms with Gasteiger partial charge in [-0.15, -0.1) is 0 Å². The summed E-state index contributed by atoms with van der Waals surface area (Å²) in [4.78, 5) is 5.73. The quantitative estimate of drug-likeness (QED) is 0.160. The molecule has 0 heterocycles. The number of hydrogen-bond acceptors (Lipinski definition) is 6. The zero-order chi connectivity index (χ0) is 33.1. The summed E-state index contributed by atoms with van der Waals surface area (Å²) < 4.78 is 28.3. The van der Waals surface area contributed by atoms with Crippen molar-refractivity contribution in [1.29, 1.82) is 0 Å². The molecule has 4 rings (SSSR count). The smallest absolute Gasteiger partial charge is 0.184 e. The van der Waals surface area contributed by atoms with E-state index in [0.717, 1.165) is 12.8 Å². The highest BCUT2D eigenvalue weighted by Crippen LogP contribution is 2.69. The highest BCUT2D eigenvalue weighted by molar-refractivity contribution is 6.71. The maximum absolute atomic E-state index is 7.59. The summed E-state index contributed by atoms with van der Waals surface area (Å²) in [6.45, 7) is 33.7. The summed E-state index contributed by atoms with van der Waals surface area (Å²) in [5, 5.41) is 4.96. The summed E-state index contributed by atoms with van der Waals surface area (Å²) in [5.74, 6) is 2.32. The first-order valence-corrected chi connectivity index (χ1v) is 31.4. The van der Waals surface area contributed by atoms with Gasteiger partial charge in [-0.05, 0) is 153 Å². The van der Waals surface area contributed by atoms with Gasteiger partial charge in [0.2, 0.25) is 0 Å². The van der Waals surface area contributed by atoms with E-state index in [-0.39, 0.29) is 16.9 Å². The molecule has 0 aromatic heterocycles. The van der Waals surface area contributed by atoms with E-state index in [1.807, 2.05) is 0 Å². The van der Waals surface area contributed by atoms with Crippen molar-refractivity contribution in [3.05, 3.63) is 0 Å². The van der Waals surface area contributed by atoms with Crippen LogP contribution in [-0.4, -0.2) is 70.5 Å². The largest absolute Gasteiger partial charge is 0.415 e. The Labute approximate surface area is 275 Å². The van der Waals surface area contributed by atoms with Crippen molar-refractivity contribution < 1.29 is 22.5 Å². The van der Waals surface area contributed by atoms with Crippen molar-refractivity contribution in [3.8, 4) is 0 Å². The van der Waals surface area contributed by atoms with Crippen molar-refractivity contribution in [2.24, 2.45) is 39.7 Å². The molecule has 0 amide bonds. The fourth-order valence-corrected chi connectivity index (χ4v) is 14.8. The molecular weight excluding hydrogens is 615 g/mol. The third-order valence-electron chi connectivity index (χ3n) is 11.4. The van der Waals surface area contributed by atoms with Gasteiger partial charge in [-0.1, -0.05) is 19.0 Å². The molecule has 0 bridgehead atoms. The van der Waals surface area contributed by atoms with Gasteiger partial charge < -0.3 is 22.5 Å². The predicted octanol–water partition coefficient (Wildman–Crippen LogP) is 9.52. The summed E-state index contributed by atoms with van der Waals surface area (Å²) in [6.07, 6.45) is 9.66. The Hall–Kier alpha value is 0.178. The lowest BCUT2D eigenvalue weighted by Gasteiger charge is -2.63. The first kappa shape index (κ1) is 37.0.